The van der Waals surface area contributed by atoms with Gasteiger partial charge in [0, 0.05) is 27.9 Å². The maximum absolute atomic E-state index is 12.0. The molecule has 2 heterocycles. The number of carbonyl (C=O) groups is 1. The number of nitrogens with zero attached hydrogens (tertiary/aromatic N) is 2. The average Bonchev–Trinajstić information content (AvgIpc) is 3.05. The highest BCUT2D eigenvalue weighted by Gasteiger charge is 2.08. The molecule has 0 aliphatic heterocycles. The minimum atomic E-state index is -0.0621. The number of thiazole rings is 1. The van der Waals surface area contributed by atoms with Crippen LogP contribution in [0.2, 0.25) is 5.02 Å². The number of carbonyl (C=O) groups excluding carboxylic acids is 1. The van der Waals surface area contributed by atoms with Crippen LogP contribution in [0, 0.1) is 0 Å². The molecule has 7 heteroatoms. The maximum atomic E-state index is 12.0. The number of benzene rings is 1. The molecule has 0 saturated heterocycles. The van der Waals surface area contributed by atoms with Gasteiger partial charge in [0.2, 0.25) is 5.91 Å². The predicted molar refractivity (Wildman–Crippen MR) is 102 cm³/mol. The summed E-state index contributed by atoms with van der Waals surface area (Å²) in [6.07, 6.45) is 1.75. The monoisotopic (exact) mass is 375 g/mol. The molecule has 0 fully saturated rings. The molecule has 0 aliphatic carbocycles. The maximum Gasteiger partial charge on any atom is 0.236 e. The molecule has 0 unspecified atom stereocenters. The van der Waals surface area contributed by atoms with E-state index in [1.807, 2.05) is 47.8 Å². The lowest BCUT2D eigenvalue weighted by molar-refractivity contribution is -0.113. The first-order chi connectivity index (χ1) is 11.7. The zero-order valence-corrected chi connectivity index (χ0v) is 15.0. The summed E-state index contributed by atoms with van der Waals surface area (Å²) in [6, 6.07) is 13.2. The first-order valence-electron chi connectivity index (χ1n) is 7.20. The summed E-state index contributed by atoms with van der Waals surface area (Å²) in [6.45, 7) is 0. The van der Waals surface area contributed by atoms with Crippen molar-refractivity contribution in [2.24, 2.45) is 0 Å². The van der Waals surface area contributed by atoms with Gasteiger partial charge in [-0.1, -0.05) is 29.8 Å². The van der Waals surface area contributed by atoms with E-state index in [2.05, 4.69) is 15.3 Å². The zero-order chi connectivity index (χ0) is 16.8. The first kappa shape index (κ1) is 17.0. The molecule has 0 radical (unpaired) electrons. The Kier molecular flexibility index (Phi) is 5.85. The Morgan fingerprint density at radius 2 is 2.04 bits per heavy atom. The Labute approximate surface area is 153 Å². The minimum Gasteiger partial charge on any atom is -0.301 e. The molecule has 0 atom stereocenters. The fraction of sp³-hybridized carbons (Fsp3) is 0.118. The third kappa shape index (κ3) is 4.80. The largest absolute Gasteiger partial charge is 0.301 e. The lowest BCUT2D eigenvalue weighted by atomic mass is 10.2. The highest BCUT2D eigenvalue weighted by atomic mass is 35.5. The highest BCUT2D eigenvalue weighted by molar-refractivity contribution is 7.99. The molecule has 3 aromatic rings. The van der Waals surface area contributed by atoms with Crippen LogP contribution >= 0.6 is 34.7 Å². The van der Waals surface area contributed by atoms with Gasteiger partial charge in [-0.2, -0.15) is 0 Å². The first-order valence-corrected chi connectivity index (χ1v) is 9.61. The van der Waals surface area contributed by atoms with Gasteiger partial charge in [-0.15, -0.1) is 23.1 Å². The summed E-state index contributed by atoms with van der Waals surface area (Å²) in [5.74, 6) is 1.02. The van der Waals surface area contributed by atoms with Gasteiger partial charge in [-0.25, -0.2) is 4.98 Å². The minimum absolute atomic E-state index is 0.0621. The quantitative estimate of drug-likeness (QED) is 0.676. The number of hydrogen-bond donors (Lipinski definition) is 1. The second kappa shape index (κ2) is 8.28. The molecule has 0 aliphatic rings. The molecule has 0 saturated carbocycles. The Hall–Kier alpha value is -1.89. The number of pyridine rings is 1. The van der Waals surface area contributed by atoms with E-state index in [0.29, 0.717) is 21.7 Å². The van der Waals surface area contributed by atoms with Gasteiger partial charge < -0.3 is 5.32 Å². The van der Waals surface area contributed by atoms with E-state index in [0.717, 1.165) is 17.0 Å². The van der Waals surface area contributed by atoms with Crippen molar-refractivity contribution in [3.05, 3.63) is 64.8 Å². The van der Waals surface area contributed by atoms with Crippen LogP contribution in [0.1, 0.15) is 5.69 Å². The van der Waals surface area contributed by atoms with Crippen molar-refractivity contribution in [1.82, 2.24) is 9.97 Å². The number of anilines is 1. The third-order valence-electron chi connectivity index (χ3n) is 3.10. The molecule has 24 heavy (non-hydrogen) atoms. The fourth-order valence-corrected chi connectivity index (χ4v) is 3.57. The summed E-state index contributed by atoms with van der Waals surface area (Å²) >= 11 is 8.82. The van der Waals surface area contributed by atoms with Crippen molar-refractivity contribution in [1.29, 1.82) is 0 Å². The summed E-state index contributed by atoms with van der Waals surface area (Å²) in [5, 5.41) is 6.04. The van der Waals surface area contributed by atoms with Crippen molar-refractivity contribution in [2.45, 2.75) is 5.75 Å². The Balaban J connectivity index is 1.51. The standard InChI is InChI=1S/C17H14ClN3OS2/c18-13-6-4-12(5-7-13)15-10-24-17(20-15)21-16(22)11-23-9-14-3-1-2-8-19-14/h1-8,10H,9,11H2,(H,20,21,22). The molecular weight excluding hydrogens is 362 g/mol. The Morgan fingerprint density at radius 1 is 1.21 bits per heavy atom. The summed E-state index contributed by atoms with van der Waals surface area (Å²) in [7, 11) is 0. The molecule has 3 rings (SSSR count). The van der Waals surface area contributed by atoms with E-state index in [1.165, 1.54) is 23.1 Å². The number of hydrogen-bond acceptors (Lipinski definition) is 5. The topological polar surface area (TPSA) is 54.9 Å². The third-order valence-corrected chi connectivity index (χ3v) is 5.08. The van der Waals surface area contributed by atoms with E-state index < -0.39 is 0 Å². The van der Waals surface area contributed by atoms with Crippen molar-refractivity contribution in [3.63, 3.8) is 0 Å². The van der Waals surface area contributed by atoms with Crippen LogP contribution in [0.15, 0.2) is 54.0 Å². The van der Waals surface area contributed by atoms with Crippen LogP contribution in [-0.2, 0) is 10.5 Å². The van der Waals surface area contributed by atoms with Gasteiger partial charge in [0.1, 0.15) is 0 Å². The second-order valence-electron chi connectivity index (χ2n) is 4.91. The van der Waals surface area contributed by atoms with Crippen LogP contribution < -0.4 is 5.32 Å². The van der Waals surface area contributed by atoms with Gasteiger partial charge in [0.05, 0.1) is 17.1 Å². The molecule has 1 N–H and O–H groups in total. The van der Waals surface area contributed by atoms with Gasteiger partial charge >= 0.3 is 0 Å². The lowest BCUT2D eigenvalue weighted by Gasteiger charge is -2.02. The van der Waals surface area contributed by atoms with Crippen LogP contribution in [0.3, 0.4) is 0 Å². The van der Waals surface area contributed by atoms with Gasteiger partial charge in [-0.3, -0.25) is 9.78 Å². The average molecular weight is 376 g/mol. The van der Waals surface area contributed by atoms with E-state index in [4.69, 9.17) is 11.6 Å². The molecule has 122 valence electrons. The van der Waals surface area contributed by atoms with Crippen LogP contribution in [-0.4, -0.2) is 21.6 Å². The summed E-state index contributed by atoms with van der Waals surface area (Å²) in [4.78, 5) is 20.7. The molecule has 2 aromatic heterocycles. The van der Waals surface area contributed by atoms with Crippen LogP contribution in [0.25, 0.3) is 11.3 Å². The molecule has 4 nitrogen and oxygen atoms in total. The zero-order valence-electron chi connectivity index (χ0n) is 12.6. The number of amides is 1. The SMILES string of the molecule is O=C(CSCc1ccccn1)Nc1nc(-c2ccc(Cl)cc2)cs1. The molecule has 0 bridgehead atoms. The summed E-state index contributed by atoms with van der Waals surface area (Å²) in [5.41, 5.74) is 2.77. The Bertz CT molecular complexity index is 806. The van der Waals surface area contributed by atoms with Gasteiger partial charge in [0.25, 0.3) is 0 Å². The van der Waals surface area contributed by atoms with Crippen molar-refractivity contribution in [2.75, 3.05) is 11.1 Å². The Morgan fingerprint density at radius 3 is 2.79 bits per heavy atom. The number of halogens is 1. The molecular formula is C17H14ClN3OS2. The van der Waals surface area contributed by atoms with E-state index in [-0.39, 0.29) is 5.91 Å². The van der Waals surface area contributed by atoms with E-state index in [9.17, 15) is 4.79 Å². The summed E-state index contributed by atoms with van der Waals surface area (Å²) < 4.78 is 0. The molecule has 1 amide bonds. The van der Waals surface area contributed by atoms with Crippen molar-refractivity contribution >= 4 is 45.7 Å². The highest BCUT2D eigenvalue weighted by Crippen LogP contribution is 2.26. The smallest absolute Gasteiger partial charge is 0.236 e. The van der Waals surface area contributed by atoms with Crippen LogP contribution in [0.4, 0.5) is 5.13 Å². The van der Waals surface area contributed by atoms with Crippen molar-refractivity contribution in [3.8, 4) is 11.3 Å². The fourth-order valence-electron chi connectivity index (χ4n) is 1.97. The normalized spacial score (nSPS) is 10.5. The lowest BCUT2D eigenvalue weighted by Crippen LogP contribution is -2.14. The second-order valence-corrected chi connectivity index (χ2v) is 7.19. The van der Waals surface area contributed by atoms with Gasteiger partial charge in [0.15, 0.2) is 5.13 Å². The number of rotatable bonds is 6. The van der Waals surface area contributed by atoms with E-state index in [1.54, 1.807) is 6.20 Å². The number of nitrogens with one attached hydrogen (secondary N) is 1. The number of thioether (sulfide) groups is 1. The van der Waals surface area contributed by atoms with Crippen molar-refractivity contribution < 1.29 is 4.79 Å². The van der Waals surface area contributed by atoms with E-state index >= 15 is 0 Å². The molecule has 1 aromatic carbocycles. The predicted octanol–water partition coefficient (Wildman–Crippen LogP) is 4.73. The van der Waals surface area contributed by atoms with Gasteiger partial charge in [-0.05, 0) is 24.3 Å². The molecule has 0 spiro atoms. The van der Waals surface area contributed by atoms with Crippen LogP contribution in [0.5, 0.6) is 0 Å². The number of aromatic nitrogens is 2.